The molecule has 1 aliphatic carbocycles. The van der Waals surface area contributed by atoms with Crippen LogP contribution in [0.5, 0.6) is 5.88 Å². The van der Waals surface area contributed by atoms with Gasteiger partial charge in [-0.25, -0.2) is 4.98 Å². The Morgan fingerprint density at radius 2 is 2.00 bits per heavy atom. The molecule has 2 aromatic rings. The first-order chi connectivity index (χ1) is 14.8. The fourth-order valence-corrected chi connectivity index (χ4v) is 3.67. The topological polar surface area (TPSA) is 102 Å². The number of carbonyl (C=O) groups is 1. The molecule has 2 N–H and O–H groups in total. The highest BCUT2D eigenvalue weighted by Crippen LogP contribution is 2.23. The molecule has 1 saturated carbocycles. The summed E-state index contributed by atoms with van der Waals surface area (Å²) in [7, 11) is 0. The zero-order valence-electron chi connectivity index (χ0n) is 17.0. The van der Waals surface area contributed by atoms with E-state index in [4.69, 9.17) is 9.47 Å². The lowest BCUT2D eigenvalue weighted by Gasteiger charge is -2.28. The van der Waals surface area contributed by atoms with Crippen LogP contribution in [0.2, 0.25) is 0 Å². The van der Waals surface area contributed by atoms with Crippen LogP contribution in [-0.2, 0) is 4.74 Å². The van der Waals surface area contributed by atoms with Gasteiger partial charge >= 0.3 is 0 Å². The van der Waals surface area contributed by atoms with E-state index in [1.165, 1.54) is 12.8 Å². The lowest BCUT2D eigenvalue weighted by molar-refractivity contribution is 0.0954. The molecule has 4 rings (SSSR count). The molecule has 0 spiro atoms. The number of nitrogens with zero attached hydrogens (tertiary/aromatic N) is 4. The molecule has 9 heteroatoms. The van der Waals surface area contributed by atoms with Crippen molar-refractivity contribution in [1.29, 1.82) is 0 Å². The smallest absolute Gasteiger partial charge is 0.252 e. The van der Waals surface area contributed by atoms with E-state index in [9.17, 15) is 4.79 Å². The van der Waals surface area contributed by atoms with Crippen molar-refractivity contribution in [3.8, 4) is 5.88 Å². The molecule has 0 aromatic carbocycles. The van der Waals surface area contributed by atoms with Crippen molar-refractivity contribution in [2.75, 3.05) is 49.6 Å². The van der Waals surface area contributed by atoms with Crippen LogP contribution in [0, 0.1) is 0 Å². The van der Waals surface area contributed by atoms with E-state index in [-0.39, 0.29) is 12.0 Å². The zero-order chi connectivity index (χ0) is 20.6. The second-order valence-corrected chi connectivity index (χ2v) is 7.49. The summed E-state index contributed by atoms with van der Waals surface area (Å²) >= 11 is 0. The number of morpholine rings is 1. The van der Waals surface area contributed by atoms with Gasteiger partial charge in [-0.05, 0) is 31.7 Å². The molecule has 1 amide bonds. The highest BCUT2D eigenvalue weighted by molar-refractivity contribution is 5.93. The van der Waals surface area contributed by atoms with Gasteiger partial charge in [-0.15, -0.1) is 5.10 Å². The Kier molecular flexibility index (Phi) is 6.91. The molecule has 2 aromatic heterocycles. The summed E-state index contributed by atoms with van der Waals surface area (Å²) in [6.07, 6.45) is 8.15. The molecular weight excluding hydrogens is 384 g/mol. The first-order valence-corrected chi connectivity index (χ1v) is 10.6. The first kappa shape index (κ1) is 20.3. The summed E-state index contributed by atoms with van der Waals surface area (Å²) in [5.74, 6) is 1.10. The zero-order valence-corrected chi connectivity index (χ0v) is 17.0. The summed E-state index contributed by atoms with van der Waals surface area (Å²) in [6, 6.07) is 5.47. The number of aromatic nitrogens is 3. The third-order valence-electron chi connectivity index (χ3n) is 5.32. The number of rotatable bonds is 8. The molecule has 9 nitrogen and oxygen atoms in total. The number of pyridine rings is 1. The summed E-state index contributed by atoms with van der Waals surface area (Å²) in [5.41, 5.74) is 1.54. The third-order valence-corrected chi connectivity index (χ3v) is 5.32. The number of carbonyl (C=O) groups excluding carboxylic acids is 1. The molecule has 0 bridgehead atoms. The van der Waals surface area contributed by atoms with E-state index < -0.39 is 0 Å². The Labute approximate surface area is 176 Å². The van der Waals surface area contributed by atoms with Crippen LogP contribution in [0.4, 0.5) is 11.5 Å². The van der Waals surface area contributed by atoms with E-state index in [0.717, 1.165) is 44.8 Å². The normalized spacial score (nSPS) is 17.0. The average Bonchev–Trinajstić information content (AvgIpc) is 3.31. The predicted molar refractivity (Wildman–Crippen MR) is 113 cm³/mol. The maximum Gasteiger partial charge on any atom is 0.252 e. The van der Waals surface area contributed by atoms with Crippen molar-refractivity contribution in [2.45, 2.75) is 31.8 Å². The molecule has 1 saturated heterocycles. The van der Waals surface area contributed by atoms with Crippen molar-refractivity contribution in [2.24, 2.45) is 0 Å². The summed E-state index contributed by atoms with van der Waals surface area (Å²) in [5, 5.41) is 14.2. The van der Waals surface area contributed by atoms with Crippen LogP contribution in [0.15, 0.2) is 30.6 Å². The van der Waals surface area contributed by atoms with Crippen LogP contribution in [0.25, 0.3) is 0 Å². The van der Waals surface area contributed by atoms with Crippen LogP contribution < -0.4 is 20.3 Å². The van der Waals surface area contributed by atoms with Crippen molar-refractivity contribution in [3.05, 3.63) is 36.2 Å². The number of amides is 1. The lowest BCUT2D eigenvalue weighted by Crippen LogP contribution is -2.36. The minimum absolute atomic E-state index is 0.162. The van der Waals surface area contributed by atoms with E-state index in [1.807, 2.05) is 6.07 Å². The second kappa shape index (κ2) is 10.2. The Balaban J connectivity index is 1.20. The van der Waals surface area contributed by atoms with Crippen LogP contribution in [0.3, 0.4) is 0 Å². The van der Waals surface area contributed by atoms with E-state index in [2.05, 4.69) is 30.7 Å². The van der Waals surface area contributed by atoms with Gasteiger partial charge in [-0.1, -0.05) is 0 Å². The summed E-state index contributed by atoms with van der Waals surface area (Å²) in [4.78, 5) is 18.8. The third kappa shape index (κ3) is 5.56. The van der Waals surface area contributed by atoms with Gasteiger partial charge in [0.15, 0.2) is 5.82 Å². The highest BCUT2D eigenvalue weighted by Gasteiger charge is 2.17. The molecule has 2 fully saturated rings. The summed E-state index contributed by atoms with van der Waals surface area (Å²) in [6.45, 7) is 4.14. The number of ether oxygens (including phenoxy) is 2. The molecule has 1 aliphatic heterocycles. The van der Waals surface area contributed by atoms with E-state index >= 15 is 0 Å². The van der Waals surface area contributed by atoms with Gasteiger partial charge < -0.3 is 25.0 Å². The molecule has 3 heterocycles. The molecule has 0 unspecified atom stereocenters. The number of nitrogens with one attached hydrogen (secondary N) is 2. The van der Waals surface area contributed by atoms with Gasteiger partial charge in [0.05, 0.1) is 30.7 Å². The number of anilines is 2. The van der Waals surface area contributed by atoms with Gasteiger partial charge in [0.1, 0.15) is 6.10 Å². The van der Waals surface area contributed by atoms with Crippen molar-refractivity contribution >= 4 is 17.4 Å². The van der Waals surface area contributed by atoms with Crippen LogP contribution >= 0.6 is 0 Å². The Morgan fingerprint density at radius 3 is 2.77 bits per heavy atom. The number of hydrogen-bond acceptors (Lipinski definition) is 8. The van der Waals surface area contributed by atoms with Crippen LogP contribution in [0.1, 0.15) is 36.0 Å². The molecule has 0 atom stereocenters. The minimum atomic E-state index is -0.162. The van der Waals surface area contributed by atoms with Crippen molar-refractivity contribution in [3.63, 3.8) is 0 Å². The standard InChI is InChI=1S/C21H28N6O3/c28-21(16-5-6-20(24-14-16)30-18-3-1-2-4-18)23-8-7-22-19-13-17(15-25-26-19)27-9-11-29-12-10-27/h5-6,13-15,18H,1-4,7-12H2,(H,22,26)(H,23,28). The Morgan fingerprint density at radius 1 is 1.17 bits per heavy atom. The average molecular weight is 412 g/mol. The molecule has 160 valence electrons. The maximum absolute atomic E-state index is 12.3. The maximum atomic E-state index is 12.3. The predicted octanol–water partition coefficient (Wildman–Crippen LogP) is 1.87. The van der Waals surface area contributed by atoms with Gasteiger partial charge in [-0.2, -0.15) is 5.10 Å². The van der Waals surface area contributed by atoms with Crippen LogP contribution in [-0.4, -0.2) is 66.6 Å². The molecular formula is C21H28N6O3. The quantitative estimate of drug-likeness (QED) is 0.634. The van der Waals surface area contributed by atoms with Gasteiger partial charge in [0.25, 0.3) is 5.91 Å². The molecule has 2 aliphatic rings. The van der Waals surface area contributed by atoms with E-state index in [0.29, 0.717) is 30.4 Å². The SMILES string of the molecule is O=C(NCCNc1cc(N2CCOCC2)cnn1)c1ccc(OC2CCCC2)nc1. The Hall–Kier alpha value is -2.94. The fourth-order valence-electron chi connectivity index (χ4n) is 3.67. The van der Waals surface area contributed by atoms with Gasteiger partial charge in [0, 0.05) is 44.5 Å². The van der Waals surface area contributed by atoms with Gasteiger partial charge in [0.2, 0.25) is 5.88 Å². The van der Waals surface area contributed by atoms with Crippen molar-refractivity contribution < 1.29 is 14.3 Å². The van der Waals surface area contributed by atoms with E-state index in [1.54, 1.807) is 24.5 Å². The van der Waals surface area contributed by atoms with Crippen molar-refractivity contribution in [1.82, 2.24) is 20.5 Å². The second-order valence-electron chi connectivity index (χ2n) is 7.49. The number of hydrogen-bond donors (Lipinski definition) is 2. The first-order valence-electron chi connectivity index (χ1n) is 10.6. The van der Waals surface area contributed by atoms with Gasteiger partial charge in [-0.3, -0.25) is 4.79 Å². The minimum Gasteiger partial charge on any atom is -0.474 e. The summed E-state index contributed by atoms with van der Waals surface area (Å²) < 4.78 is 11.2. The largest absolute Gasteiger partial charge is 0.474 e. The highest BCUT2D eigenvalue weighted by atomic mass is 16.5. The lowest BCUT2D eigenvalue weighted by atomic mass is 10.2. The molecule has 0 radical (unpaired) electrons. The fraction of sp³-hybridized carbons (Fsp3) is 0.524. The monoisotopic (exact) mass is 412 g/mol. The Bertz CT molecular complexity index is 820. The molecule has 30 heavy (non-hydrogen) atoms.